The summed E-state index contributed by atoms with van der Waals surface area (Å²) in [6, 6.07) is 5.14. The van der Waals surface area contributed by atoms with E-state index in [2.05, 4.69) is 0 Å². The summed E-state index contributed by atoms with van der Waals surface area (Å²) in [6.45, 7) is 0. The average molecular weight is 135 g/mol. The summed E-state index contributed by atoms with van der Waals surface area (Å²) >= 11 is 0. The van der Waals surface area contributed by atoms with E-state index in [-0.39, 0.29) is 0 Å². The molecule has 1 aromatic heterocycles. The molecule has 3 heteroatoms. The summed E-state index contributed by atoms with van der Waals surface area (Å²) < 4.78 is 9.61. The fraction of sp³-hybridized carbons (Fsp3) is 0. The van der Waals surface area contributed by atoms with Gasteiger partial charge in [0.1, 0.15) is 6.26 Å². The zero-order chi connectivity index (χ0) is 7.23. The van der Waals surface area contributed by atoms with Crippen molar-refractivity contribution in [2.45, 2.75) is 0 Å². The predicted molar refractivity (Wildman–Crippen MR) is 34.1 cm³/mol. The number of allylic oxidation sites excluding steroid dienone is 1. The molecule has 0 bridgehead atoms. The van der Waals surface area contributed by atoms with Gasteiger partial charge in [-0.15, -0.1) is 0 Å². The maximum atomic E-state index is 8.05. The highest BCUT2D eigenvalue weighted by Crippen LogP contribution is 2.09. The summed E-state index contributed by atoms with van der Waals surface area (Å²) in [5.74, 6) is 0.381. The van der Waals surface area contributed by atoms with E-state index < -0.39 is 0 Å². The molecular formula is C7H5NO2. The number of nitriles is 1. The van der Waals surface area contributed by atoms with Crippen LogP contribution in [0, 0.1) is 11.3 Å². The van der Waals surface area contributed by atoms with Crippen LogP contribution in [-0.4, -0.2) is 0 Å². The van der Waals surface area contributed by atoms with Gasteiger partial charge in [0.25, 0.3) is 5.95 Å². The Labute approximate surface area is 58.1 Å². The molecule has 1 rings (SSSR count). The van der Waals surface area contributed by atoms with E-state index in [1.165, 1.54) is 18.6 Å². The van der Waals surface area contributed by atoms with Gasteiger partial charge in [-0.2, -0.15) is 5.26 Å². The van der Waals surface area contributed by atoms with E-state index in [1.54, 1.807) is 18.2 Å². The lowest BCUT2D eigenvalue weighted by molar-refractivity contribution is 0.345. The van der Waals surface area contributed by atoms with E-state index in [9.17, 15) is 0 Å². The zero-order valence-electron chi connectivity index (χ0n) is 5.15. The number of furan rings is 1. The minimum atomic E-state index is 0.381. The lowest BCUT2D eigenvalue weighted by atomic mass is 10.6. The highest BCUT2D eigenvalue weighted by Gasteiger charge is 1.88. The standard InChI is InChI=1S/C7H5NO2/c8-4-2-6-10-7-3-1-5-9-7/h1-3,5-6H. The summed E-state index contributed by atoms with van der Waals surface area (Å²) in [7, 11) is 0. The SMILES string of the molecule is N#CC=COc1ccco1. The van der Waals surface area contributed by atoms with Crippen LogP contribution in [0.5, 0.6) is 5.95 Å². The van der Waals surface area contributed by atoms with Gasteiger partial charge in [-0.05, 0) is 6.07 Å². The molecule has 0 amide bonds. The Kier molecular flexibility index (Phi) is 2.16. The third-order valence-electron chi connectivity index (χ3n) is 0.822. The number of ether oxygens (including phenoxy) is 1. The van der Waals surface area contributed by atoms with Crippen LogP contribution in [0.15, 0.2) is 35.2 Å². The molecule has 0 unspecified atom stereocenters. The van der Waals surface area contributed by atoms with Crippen molar-refractivity contribution in [2.75, 3.05) is 0 Å². The highest BCUT2D eigenvalue weighted by molar-refractivity contribution is 5.07. The Morgan fingerprint density at radius 2 is 2.60 bits per heavy atom. The topological polar surface area (TPSA) is 46.2 Å². The first-order chi connectivity index (χ1) is 4.93. The van der Waals surface area contributed by atoms with E-state index in [0.29, 0.717) is 5.95 Å². The highest BCUT2D eigenvalue weighted by atomic mass is 16.6. The van der Waals surface area contributed by atoms with Gasteiger partial charge in [-0.25, -0.2) is 0 Å². The Morgan fingerprint density at radius 3 is 3.20 bits per heavy atom. The third-order valence-corrected chi connectivity index (χ3v) is 0.822. The Morgan fingerprint density at radius 1 is 1.70 bits per heavy atom. The smallest absolute Gasteiger partial charge is 0.289 e. The Hall–Kier alpha value is -1.69. The molecule has 0 radical (unpaired) electrons. The van der Waals surface area contributed by atoms with Gasteiger partial charge in [-0.3, -0.25) is 0 Å². The summed E-state index contributed by atoms with van der Waals surface area (Å²) in [5.41, 5.74) is 0. The summed E-state index contributed by atoms with van der Waals surface area (Å²) in [5, 5.41) is 8.05. The minimum Gasteiger partial charge on any atom is -0.434 e. The monoisotopic (exact) mass is 135 g/mol. The van der Waals surface area contributed by atoms with Crippen molar-refractivity contribution < 1.29 is 9.15 Å². The maximum Gasteiger partial charge on any atom is 0.289 e. The predicted octanol–water partition coefficient (Wildman–Crippen LogP) is 1.70. The molecule has 0 fully saturated rings. The molecule has 0 aliphatic rings. The van der Waals surface area contributed by atoms with Gasteiger partial charge in [0.2, 0.25) is 0 Å². The lowest BCUT2D eigenvalue weighted by Crippen LogP contribution is -1.75. The molecule has 0 aromatic carbocycles. The van der Waals surface area contributed by atoms with Crippen molar-refractivity contribution in [3.8, 4) is 12.0 Å². The van der Waals surface area contributed by atoms with Gasteiger partial charge in [-0.1, -0.05) is 0 Å². The van der Waals surface area contributed by atoms with Crippen LogP contribution in [-0.2, 0) is 0 Å². The molecule has 1 aromatic rings. The van der Waals surface area contributed by atoms with Crippen molar-refractivity contribution in [3.63, 3.8) is 0 Å². The van der Waals surface area contributed by atoms with Gasteiger partial charge in [0.05, 0.1) is 18.4 Å². The molecule has 0 aliphatic heterocycles. The van der Waals surface area contributed by atoms with E-state index in [1.807, 2.05) is 0 Å². The van der Waals surface area contributed by atoms with Gasteiger partial charge >= 0.3 is 0 Å². The van der Waals surface area contributed by atoms with Crippen molar-refractivity contribution in [3.05, 3.63) is 30.7 Å². The van der Waals surface area contributed by atoms with Gasteiger partial charge in [0.15, 0.2) is 0 Å². The first-order valence-electron chi connectivity index (χ1n) is 2.68. The quantitative estimate of drug-likeness (QED) is 0.458. The van der Waals surface area contributed by atoms with Crippen LogP contribution in [0.1, 0.15) is 0 Å². The van der Waals surface area contributed by atoms with E-state index >= 15 is 0 Å². The minimum absolute atomic E-state index is 0.381. The first-order valence-corrected chi connectivity index (χ1v) is 2.68. The number of nitrogens with zero attached hydrogens (tertiary/aromatic N) is 1. The van der Waals surface area contributed by atoms with Crippen molar-refractivity contribution in [1.29, 1.82) is 5.26 Å². The second-order valence-corrected chi connectivity index (χ2v) is 1.48. The van der Waals surface area contributed by atoms with Crippen LogP contribution < -0.4 is 4.74 Å². The molecule has 3 nitrogen and oxygen atoms in total. The summed E-state index contributed by atoms with van der Waals surface area (Å²) in [4.78, 5) is 0. The van der Waals surface area contributed by atoms with Gasteiger partial charge < -0.3 is 9.15 Å². The van der Waals surface area contributed by atoms with Crippen molar-refractivity contribution >= 4 is 0 Å². The second-order valence-electron chi connectivity index (χ2n) is 1.48. The number of hydrogen-bond acceptors (Lipinski definition) is 3. The largest absolute Gasteiger partial charge is 0.434 e. The zero-order valence-corrected chi connectivity index (χ0v) is 5.15. The molecule has 50 valence electrons. The van der Waals surface area contributed by atoms with Crippen LogP contribution >= 0.6 is 0 Å². The number of rotatable bonds is 2. The van der Waals surface area contributed by atoms with Crippen LogP contribution in [0.25, 0.3) is 0 Å². The molecule has 0 saturated heterocycles. The average Bonchev–Trinajstić information content (AvgIpc) is 2.41. The number of hydrogen-bond donors (Lipinski definition) is 0. The first kappa shape index (κ1) is 6.43. The third kappa shape index (κ3) is 1.67. The summed E-state index contributed by atoms with van der Waals surface area (Å²) in [6.07, 6.45) is 3.98. The molecular weight excluding hydrogens is 130 g/mol. The molecule has 0 atom stereocenters. The molecule has 1 heterocycles. The molecule has 10 heavy (non-hydrogen) atoms. The van der Waals surface area contributed by atoms with E-state index in [4.69, 9.17) is 14.4 Å². The maximum absolute atomic E-state index is 8.05. The van der Waals surface area contributed by atoms with Crippen LogP contribution in [0.4, 0.5) is 0 Å². The Bertz CT molecular complexity index is 243. The lowest BCUT2D eigenvalue weighted by Gasteiger charge is -1.88. The van der Waals surface area contributed by atoms with Crippen molar-refractivity contribution in [2.24, 2.45) is 0 Å². The molecule has 0 aliphatic carbocycles. The van der Waals surface area contributed by atoms with Crippen molar-refractivity contribution in [1.82, 2.24) is 0 Å². The normalized spacial score (nSPS) is 9.50. The molecule has 0 spiro atoms. The fourth-order valence-corrected chi connectivity index (χ4v) is 0.462. The molecule has 0 saturated carbocycles. The second kappa shape index (κ2) is 3.36. The van der Waals surface area contributed by atoms with Gasteiger partial charge in [0, 0.05) is 6.07 Å². The van der Waals surface area contributed by atoms with Crippen LogP contribution in [0.3, 0.4) is 0 Å². The Balaban J connectivity index is 2.43. The van der Waals surface area contributed by atoms with E-state index in [0.717, 1.165) is 0 Å². The fourth-order valence-electron chi connectivity index (χ4n) is 0.462. The molecule has 0 N–H and O–H groups in total. The van der Waals surface area contributed by atoms with Crippen LogP contribution in [0.2, 0.25) is 0 Å².